The molecule has 12 heavy (non-hydrogen) atoms. The molecule has 0 aliphatic carbocycles. The van der Waals surface area contributed by atoms with E-state index in [0.29, 0.717) is 0 Å². The number of piperazine rings is 1. The maximum Gasteiger partial charge on any atom is 0.315 e. The van der Waals surface area contributed by atoms with Gasteiger partial charge in [-0.25, -0.2) is 4.79 Å². The summed E-state index contributed by atoms with van der Waals surface area (Å²) in [6.07, 6.45) is 0. The third-order valence-electron chi connectivity index (χ3n) is 2.36. The molecule has 0 spiro atoms. The molecule has 2 atom stereocenters. The molecule has 0 aromatic heterocycles. The Balaban J connectivity index is 2.66. The van der Waals surface area contributed by atoms with Crippen molar-refractivity contribution in [1.82, 2.24) is 9.80 Å². The van der Waals surface area contributed by atoms with Crippen LogP contribution in [0.25, 0.3) is 0 Å². The molecule has 2 N–H and O–H groups in total. The summed E-state index contributed by atoms with van der Waals surface area (Å²) >= 11 is 0. The number of urea groups is 1. The number of carbonyl (C=O) groups is 1. The van der Waals surface area contributed by atoms with Crippen molar-refractivity contribution in [3.63, 3.8) is 0 Å². The summed E-state index contributed by atoms with van der Waals surface area (Å²) < 4.78 is 0. The summed E-state index contributed by atoms with van der Waals surface area (Å²) in [6.45, 7) is 5.87. The molecule has 0 bridgehead atoms. The van der Waals surface area contributed by atoms with Crippen molar-refractivity contribution in [1.29, 1.82) is 0 Å². The first-order chi connectivity index (χ1) is 5.52. The van der Waals surface area contributed by atoms with Crippen LogP contribution in [-0.2, 0) is 0 Å². The standard InChI is InChI=1S/C8H17N3O/c1-6-4-10(3)5-7(2)11(6)8(9)12/h6-7H,4-5H2,1-3H3,(H2,9,12). The molecule has 1 saturated heterocycles. The lowest BCUT2D eigenvalue weighted by Gasteiger charge is -2.42. The second kappa shape index (κ2) is 3.31. The Morgan fingerprint density at radius 3 is 2.08 bits per heavy atom. The predicted molar refractivity (Wildman–Crippen MR) is 47.8 cm³/mol. The first kappa shape index (κ1) is 9.32. The van der Waals surface area contributed by atoms with Crippen molar-refractivity contribution < 1.29 is 4.79 Å². The molecule has 1 rings (SSSR count). The number of carbonyl (C=O) groups excluding carboxylic acids is 1. The van der Waals surface area contributed by atoms with E-state index >= 15 is 0 Å². The Morgan fingerprint density at radius 2 is 1.75 bits per heavy atom. The highest BCUT2D eigenvalue weighted by molar-refractivity contribution is 5.72. The highest BCUT2D eigenvalue weighted by atomic mass is 16.2. The average molecular weight is 171 g/mol. The summed E-state index contributed by atoms with van der Waals surface area (Å²) in [5.41, 5.74) is 5.26. The third kappa shape index (κ3) is 1.69. The molecule has 0 aromatic rings. The van der Waals surface area contributed by atoms with Gasteiger partial charge in [0, 0.05) is 25.2 Å². The van der Waals surface area contributed by atoms with Crippen molar-refractivity contribution in [2.45, 2.75) is 25.9 Å². The highest BCUT2D eigenvalue weighted by Crippen LogP contribution is 2.13. The van der Waals surface area contributed by atoms with Crippen molar-refractivity contribution in [2.24, 2.45) is 5.73 Å². The van der Waals surface area contributed by atoms with Gasteiger partial charge < -0.3 is 15.5 Å². The Labute approximate surface area is 73.3 Å². The van der Waals surface area contributed by atoms with Gasteiger partial charge >= 0.3 is 6.03 Å². The lowest BCUT2D eigenvalue weighted by atomic mass is 10.1. The van der Waals surface area contributed by atoms with Gasteiger partial charge in [0.2, 0.25) is 0 Å². The molecule has 0 saturated carbocycles. The third-order valence-corrected chi connectivity index (χ3v) is 2.36. The number of likely N-dealkylation sites (N-methyl/N-ethyl adjacent to an activating group) is 1. The van der Waals surface area contributed by atoms with Crippen molar-refractivity contribution in [3.05, 3.63) is 0 Å². The Bertz CT molecular complexity index is 171. The fourth-order valence-electron chi connectivity index (χ4n) is 2.02. The minimum Gasteiger partial charge on any atom is -0.351 e. The normalized spacial score (nSPS) is 32.1. The highest BCUT2D eigenvalue weighted by Gasteiger charge is 2.29. The summed E-state index contributed by atoms with van der Waals surface area (Å²) in [4.78, 5) is 15.0. The van der Waals surface area contributed by atoms with E-state index in [2.05, 4.69) is 11.9 Å². The van der Waals surface area contributed by atoms with E-state index in [-0.39, 0.29) is 18.1 Å². The molecule has 1 aliphatic heterocycles. The SMILES string of the molecule is CC1CN(C)CC(C)N1C(N)=O. The zero-order chi connectivity index (χ0) is 9.30. The minimum atomic E-state index is -0.303. The maximum atomic E-state index is 11.0. The average Bonchev–Trinajstić information content (AvgIpc) is 1.82. The van der Waals surface area contributed by atoms with Crippen LogP contribution in [0.5, 0.6) is 0 Å². The molecule has 4 heteroatoms. The van der Waals surface area contributed by atoms with Crippen LogP contribution in [0.1, 0.15) is 13.8 Å². The van der Waals surface area contributed by atoms with Gasteiger partial charge in [0.25, 0.3) is 0 Å². The van der Waals surface area contributed by atoms with Gasteiger partial charge in [-0.05, 0) is 20.9 Å². The molecule has 4 nitrogen and oxygen atoms in total. The molecule has 0 aromatic carbocycles. The summed E-state index contributed by atoms with van der Waals surface area (Å²) in [7, 11) is 2.06. The zero-order valence-corrected chi connectivity index (χ0v) is 7.95. The lowest BCUT2D eigenvalue weighted by Crippen LogP contribution is -2.59. The van der Waals surface area contributed by atoms with Crippen molar-refractivity contribution in [2.75, 3.05) is 20.1 Å². The fraction of sp³-hybridized carbons (Fsp3) is 0.875. The largest absolute Gasteiger partial charge is 0.351 e. The number of amides is 2. The molecule has 1 heterocycles. The van der Waals surface area contributed by atoms with Crippen molar-refractivity contribution >= 4 is 6.03 Å². The van der Waals surface area contributed by atoms with E-state index < -0.39 is 0 Å². The van der Waals surface area contributed by atoms with Crippen LogP contribution in [-0.4, -0.2) is 48.1 Å². The molecule has 2 unspecified atom stereocenters. The van der Waals surface area contributed by atoms with Crippen molar-refractivity contribution in [3.8, 4) is 0 Å². The predicted octanol–water partition coefficient (Wildman–Crippen LogP) is 0.0895. The Hall–Kier alpha value is -0.770. The Morgan fingerprint density at radius 1 is 1.33 bits per heavy atom. The van der Waals surface area contributed by atoms with E-state index in [9.17, 15) is 4.79 Å². The van der Waals surface area contributed by atoms with Gasteiger partial charge in [-0.3, -0.25) is 0 Å². The Kier molecular flexibility index (Phi) is 2.57. The van der Waals surface area contributed by atoms with E-state index in [0.717, 1.165) is 13.1 Å². The summed E-state index contributed by atoms with van der Waals surface area (Å²) in [5.74, 6) is 0. The van der Waals surface area contributed by atoms with Crippen LogP contribution in [0.4, 0.5) is 4.79 Å². The fourth-order valence-corrected chi connectivity index (χ4v) is 2.02. The van der Waals surface area contributed by atoms with Gasteiger partial charge in [0.05, 0.1) is 0 Å². The quantitative estimate of drug-likeness (QED) is 0.561. The number of nitrogens with zero attached hydrogens (tertiary/aromatic N) is 2. The van der Waals surface area contributed by atoms with Crippen LogP contribution in [0, 0.1) is 0 Å². The number of nitrogens with two attached hydrogens (primary N) is 1. The molecular weight excluding hydrogens is 154 g/mol. The molecule has 70 valence electrons. The number of hydrogen-bond acceptors (Lipinski definition) is 2. The lowest BCUT2D eigenvalue weighted by molar-refractivity contribution is 0.0825. The van der Waals surface area contributed by atoms with Crippen LogP contribution in [0.15, 0.2) is 0 Å². The van der Waals surface area contributed by atoms with Gasteiger partial charge in [0.15, 0.2) is 0 Å². The van der Waals surface area contributed by atoms with E-state index in [1.165, 1.54) is 0 Å². The number of rotatable bonds is 0. The molecule has 2 amide bonds. The van der Waals surface area contributed by atoms with Gasteiger partial charge in [-0.15, -0.1) is 0 Å². The summed E-state index contributed by atoms with van der Waals surface area (Å²) in [6, 6.07) is 0.163. The monoisotopic (exact) mass is 171 g/mol. The first-order valence-electron chi connectivity index (χ1n) is 4.28. The molecule has 1 fully saturated rings. The zero-order valence-electron chi connectivity index (χ0n) is 7.95. The maximum absolute atomic E-state index is 11.0. The van der Waals surface area contributed by atoms with Crippen LogP contribution in [0.3, 0.4) is 0 Å². The van der Waals surface area contributed by atoms with E-state index in [1.807, 2.05) is 13.8 Å². The topological polar surface area (TPSA) is 49.6 Å². The molecular formula is C8H17N3O. The number of primary amides is 1. The second-order valence-electron chi connectivity index (χ2n) is 3.66. The first-order valence-corrected chi connectivity index (χ1v) is 4.28. The van der Waals surface area contributed by atoms with E-state index in [1.54, 1.807) is 4.90 Å². The summed E-state index contributed by atoms with van der Waals surface area (Å²) in [5, 5.41) is 0. The number of hydrogen-bond donors (Lipinski definition) is 1. The second-order valence-corrected chi connectivity index (χ2v) is 3.66. The van der Waals surface area contributed by atoms with Gasteiger partial charge in [-0.2, -0.15) is 0 Å². The molecule has 1 aliphatic rings. The van der Waals surface area contributed by atoms with Gasteiger partial charge in [0.1, 0.15) is 0 Å². The van der Waals surface area contributed by atoms with Gasteiger partial charge in [-0.1, -0.05) is 0 Å². The minimum absolute atomic E-state index is 0.233. The molecule has 0 radical (unpaired) electrons. The van der Waals surface area contributed by atoms with E-state index in [4.69, 9.17) is 5.73 Å². The smallest absolute Gasteiger partial charge is 0.315 e. The van der Waals surface area contributed by atoms with Crippen LogP contribution >= 0.6 is 0 Å². The van der Waals surface area contributed by atoms with Crippen LogP contribution < -0.4 is 5.73 Å². The van der Waals surface area contributed by atoms with Crippen LogP contribution in [0.2, 0.25) is 0 Å².